The largest absolute Gasteiger partial charge is 0.0617 e. The maximum Gasteiger partial charge on any atom is 0.0249 e. The van der Waals surface area contributed by atoms with E-state index in [1.54, 1.807) is 0 Å². The highest BCUT2D eigenvalue weighted by Crippen LogP contribution is 2.33. The van der Waals surface area contributed by atoms with Crippen LogP contribution in [0.1, 0.15) is 22.3 Å². The average Bonchev–Trinajstić information content (AvgIpc) is 3.03. The van der Waals surface area contributed by atoms with E-state index in [-0.39, 0.29) is 0 Å². The van der Waals surface area contributed by atoms with Crippen LogP contribution in [0.25, 0.3) is 44.5 Å². The molecule has 0 atom stereocenters. The smallest absolute Gasteiger partial charge is 0.0249 e. The van der Waals surface area contributed by atoms with Gasteiger partial charge in [0.2, 0.25) is 0 Å². The molecule has 7 aliphatic carbocycles. The molecule has 6 aromatic rings. The van der Waals surface area contributed by atoms with Gasteiger partial charge in [0.05, 0.1) is 0 Å². The summed E-state index contributed by atoms with van der Waals surface area (Å²) in [5.74, 6) is 13.3. The van der Waals surface area contributed by atoms with Gasteiger partial charge in [-0.1, -0.05) is 121 Å². The SMILES string of the molecule is C1#Cc2ccc(cc2)-c2ccccc2-c2ccc(cc2)C#Cc2ccc(cc2)-c2ccccc2-c2ccc1cc2. The maximum absolute atomic E-state index is 3.34. The van der Waals surface area contributed by atoms with Gasteiger partial charge < -0.3 is 0 Å². The average molecular weight is 505 g/mol. The molecule has 0 fully saturated rings. The van der Waals surface area contributed by atoms with E-state index < -0.39 is 0 Å². The van der Waals surface area contributed by atoms with Crippen molar-refractivity contribution >= 4 is 0 Å². The second-order valence-corrected chi connectivity index (χ2v) is 9.90. The fourth-order valence-corrected chi connectivity index (χ4v) is 5.19. The van der Waals surface area contributed by atoms with Gasteiger partial charge >= 0.3 is 0 Å². The molecule has 0 unspecified atom stereocenters. The lowest BCUT2D eigenvalue weighted by molar-refractivity contribution is 1.55. The third kappa shape index (κ3) is 4.72. The lowest BCUT2D eigenvalue weighted by atomic mass is 9.93. The molecule has 0 radical (unpaired) electrons. The maximum atomic E-state index is 3.34. The molecule has 0 N–H and O–H groups in total. The van der Waals surface area contributed by atoms with Crippen molar-refractivity contribution in [2.45, 2.75) is 0 Å². The van der Waals surface area contributed by atoms with Crippen molar-refractivity contribution in [3.8, 4) is 68.2 Å². The molecule has 0 saturated carbocycles. The number of benzene rings is 6. The first kappa shape index (κ1) is 23.5. The quantitative estimate of drug-likeness (QED) is 0.180. The Hall–Kier alpha value is -5.56. The van der Waals surface area contributed by atoms with E-state index in [4.69, 9.17) is 0 Å². The summed E-state index contributed by atoms with van der Waals surface area (Å²) in [7, 11) is 0. The fraction of sp³-hybridized carbons (Fsp3) is 0. The molecule has 0 heterocycles. The minimum atomic E-state index is 0.997. The zero-order valence-corrected chi connectivity index (χ0v) is 21.9. The zero-order valence-electron chi connectivity index (χ0n) is 21.9. The van der Waals surface area contributed by atoms with Gasteiger partial charge in [0.1, 0.15) is 0 Å². The molecule has 7 aliphatic rings. The first-order valence-electron chi connectivity index (χ1n) is 13.4. The predicted molar refractivity (Wildman–Crippen MR) is 167 cm³/mol. The van der Waals surface area contributed by atoms with E-state index in [1.807, 2.05) is 0 Å². The molecule has 8 bridgehead atoms. The second-order valence-electron chi connectivity index (χ2n) is 9.90. The Kier molecular flexibility index (Phi) is 6.07. The highest BCUT2D eigenvalue weighted by atomic mass is 14.1. The van der Waals surface area contributed by atoms with Gasteiger partial charge in [-0.2, -0.15) is 0 Å². The Labute approximate surface area is 235 Å². The van der Waals surface area contributed by atoms with Crippen LogP contribution in [0.5, 0.6) is 0 Å². The van der Waals surface area contributed by atoms with Crippen molar-refractivity contribution < 1.29 is 0 Å². The Balaban J connectivity index is 1.36. The molecule has 0 aromatic heterocycles. The minimum absolute atomic E-state index is 0.997. The Morgan fingerprint density at radius 3 is 0.625 bits per heavy atom. The molecule has 0 amide bonds. The molecular formula is C40H24. The van der Waals surface area contributed by atoms with Crippen LogP contribution in [0, 0.1) is 23.7 Å². The van der Waals surface area contributed by atoms with Crippen molar-refractivity contribution in [1.82, 2.24) is 0 Å². The number of rotatable bonds is 0. The lowest BCUT2D eigenvalue weighted by Crippen LogP contribution is -1.87. The predicted octanol–water partition coefficient (Wildman–Crippen LogP) is 9.47. The lowest BCUT2D eigenvalue weighted by Gasteiger charge is -2.11. The number of hydrogen-bond acceptors (Lipinski definition) is 0. The fourth-order valence-electron chi connectivity index (χ4n) is 5.19. The standard InChI is InChI=1S/C40H24/c1-2-6-38-34-23-15-30(16-24-34)11-12-32-19-27-36(28-20-32)40-8-4-3-7-39(40)35-25-17-31(18-26-35)10-9-29-13-21-33(22-14-29)37(38)5-1/h1-8,13-28H. The third-order valence-corrected chi connectivity index (χ3v) is 7.34. The van der Waals surface area contributed by atoms with Crippen molar-refractivity contribution in [1.29, 1.82) is 0 Å². The molecule has 0 nitrogen and oxygen atoms in total. The normalized spacial score (nSPS) is 11.0. The van der Waals surface area contributed by atoms with E-state index in [2.05, 4.69) is 169 Å². The van der Waals surface area contributed by atoms with Gasteiger partial charge in [-0.25, -0.2) is 0 Å². The summed E-state index contributed by atoms with van der Waals surface area (Å²) in [6.07, 6.45) is 0. The molecule has 0 saturated heterocycles. The molecular weight excluding hydrogens is 480 g/mol. The van der Waals surface area contributed by atoms with E-state index in [0.717, 1.165) is 22.3 Å². The van der Waals surface area contributed by atoms with Crippen molar-refractivity contribution in [2.24, 2.45) is 0 Å². The van der Waals surface area contributed by atoms with E-state index in [1.165, 1.54) is 44.5 Å². The highest BCUT2D eigenvalue weighted by Gasteiger charge is 2.09. The van der Waals surface area contributed by atoms with Gasteiger partial charge in [-0.3, -0.25) is 0 Å². The zero-order chi connectivity index (χ0) is 26.7. The van der Waals surface area contributed by atoms with Gasteiger partial charge in [-0.05, 0) is 93.0 Å². The molecule has 13 rings (SSSR count). The Morgan fingerprint density at radius 1 is 0.225 bits per heavy atom. The van der Waals surface area contributed by atoms with Gasteiger partial charge in [0.15, 0.2) is 0 Å². The summed E-state index contributed by atoms with van der Waals surface area (Å²) >= 11 is 0. The molecule has 184 valence electrons. The van der Waals surface area contributed by atoms with Crippen LogP contribution in [-0.4, -0.2) is 0 Å². The topological polar surface area (TPSA) is 0 Å². The van der Waals surface area contributed by atoms with E-state index >= 15 is 0 Å². The van der Waals surface area contributed by atoms with Crippen LogP contribution in [0.15, 0.2) is 146 Å². The molecule has 6 aromatic carbocycles. The summed E-state index contributed by atoms with van der Waals surface area (Å²) in [5.41, 5.74) is 13.5. The summed E-state index contributed by atoms with van der Waals surface area (Å²) in [4.78, 5) is 0. The Morgan fingerprint density at radius 2 is 0.425 bits per heavy atom. The van der Waals surface area contributed by atoms with Gasteiger partial charge in [0, 0.05) is 22.3 Å². The minimum Gasteiger partial charge on any atom is -0.0617 e. The van der Waals surface area contributed by atoms with E-state index in [0.29, 0.717) is 0 Å². The number of hydrogen-bond donors (Lipinski definition) is 0. The summed E-state index contributed by atoms with van der Waals surface area (Å²) in [5, 5.41) is 0. The van der Waals surface area contributed by atoms with Crippen molar-refractivity contribution in [2.75, 3.05) is 0 Å². The molecule has 0 aliphatic heterocycles. The second kappa shape index (κ2) is 10.3. The first-order chi connectivity index (χ1) is 19.8. The molecule has 0 heteroatoms. The summed E-state index contributed by atoms with van der Waals surface area (Å²) in [6.45, 7) is 0. The van der Waals surface area contributed by atoms with Crippen LogP contribution < -0.4 is 0 Å². The third-order valence-electron chi connectivity index (χ3n) is 7.34. The summed E-state index contributed by atoms with van der Waals surface area (Å²) in [6, 6.07) is 51.2. The van der Waals surface area contributed by atoms with Gasteiger partial charge in [0.25, 0.3) is 0 Å². The molecule has 40 heavy (non-hydrogen) atoms. The van der Waals surface area contributed by atoms with Crippen LogP contribution >= 0.6 is 0 Å². The first-order valence-corrected chi connectivity index (χ1v) is 13.4. The van der Waals surface area contributed by atoms with Crippen LogP contribution in [0.4, 0.5) is 0 Å². The van der Waals surface area contributed by atoms with Crippen LogP contribution in [0.2, 0.25) is 0 Å². The van der Waals surface area contributed by atoms with Gasteiger partial charge in [-0.15, -0.1) is 0 Å². The Bertz CT molecular complexity index is 1660. The van der Waals surface area contributed by atoms with Crippen molar-refractivity contribution in [3.05, 3.63) is 168 Å². The van der Waals surface area contributed by atoms with E-state index in [9.17, 15) is 0 Å². The molecule has 0 spiro atoms. The highest BCUT2D eigenvalue weighted by molar-refractivity contribution is 5.85. The van der Waals surface area contributed by atoms with Crippen LogP contribution in [-0.2, 0) is 0 Å². The monoisotopic (exact) mass is 504 g/mol. The van der Waals surface area contributed by atoms with Crippen molar-refractivity contribution in [3.63, 3.8) is 0 Å². The van der Waals surface area contributed by atoms with Crippen LogP contribution in [0.3, 0.4) is 0 Å². The summed E-state index contributed by atoms with van der Waals surface area (Å²) < 4.78 is 0.